The number of rotatable bonds is 1. The average Bonchev–Trinajstić information content (AvgIpc) is 2.47. The number of aryl methyl sites for hydroxylation is 1. The number of allylic oxidation sites excluding steroid dienone is 1. The van der Waals surface area contributed by atoms with Crippen molar-refractivity contribution in [3.8, 4) is 6.07 Å². The van der Waals surface area contributed by atoms with E-state index >= 15 is 0 Å². The molecule has 1 aromatic heterocycles. The molecule has 19 heavy (non-hydrogen) atoms. The molecule has 1 fully saturated rings. The van der Waals surface area contributed by atoms with Gasteiger partial charge in [-0.05, 0) is 62.3 Å². The number of hydrogen-bond acceptors (Lipinski definition) is 3. The average molecular weight is 253 g/mol. The SMILES string of the molecule is Cc1ncc(C2=CCC[C@H]3CCCN[C@@H]23)cc1C#N. The summed E-state index contributed by atoms with van der Waals surface area (Å²) in [4.78, 5) is 4.37. The van der Waals surface area contributed by atoms with Crippen LogP contribution in [-0.2, 0) is 0 Å². The molecule has 1 aliphatic carbocycles. The second-order valence-corrected chi connectivity index (χ2v) is 5.54. The number of pyridine rings is 1. The van der Waals surface area contributed by atoms with Crippen molar-refractivity contribution in [3.63, 3.8) is 0 Å². The Bertz CT molecular complexity index is 554. The van der Waals surface area contributed by atoms with E-state index in [-0.39, 0.29) is 0 Å². The van der Waals surface area contributed by atoms with Crippen molar-refractivity contribution < 1.29 is 0 Å². The van der Waals surface area contributed by atoms with Gasteiger partial charge in [-0.25, -0.2) is 0 Å². The Balaban J connectivity index is 1.96. The van der Waals surface area contributed by atoms with Crippen molar-refractivity contribution >= 4 is 5.57 Å². The highest BCUT2D eigenvalue weighted by atomic mass is 14.9. The van der Waals surface area contributed by atoms with Gasteiger partial charge in [0.05, 0.1) is 11.3 Å². The fraction of sp³-hybridized carbons (Fsp3) is 0.500. The van der Waals surface area contributed by atoms with Crippen molar-refractivity contribution in [2.24, 2.45) is 5.92 Å². The van der Waals surface area contributed by atoms with Crippen LogP contribution in [0.3, 0.4) is 0 Å². The van der Waals surface area contributed by atoms with Gasteiger partial charge in [0.2, 0.25) is 0 Å². The molecule has 1 N–H and O–H groups in total. The van der Waals surface area contributed by atoms with Gasteiger partial charge in [-0.2, -0.15) is 5.26 Å². The Morgan fingerprint density at radius 2 is 2.32 bits per heavy atom. The summed E-state index contributed by atoms with van der Waals surface area (Å²) in [6, 6.07) is 4.69. The molecular formula is C16H19N3. The first-order valence-electron chi connectivity index (χ1n) is 7.10. The molecule has 2 atom stereocenters. The van der Waals surface area contributed by atoms with Crippen LogP contribution in [0.1, 0.15) is 42.5 Å². The van der Waals surface area contributed by atoms with E-state index in [1.165, 1.54) is 24.8 Å². The number of nitrogens with zero attached hydrogens (tertiary/aromatic N) is 2. The van der Waals surface area contributed by atoms with E-state index < -0.39 is 0 Å². The summed E-state index contributed by atoms with van der Waals surface area (Å²) in [7, 11) is 0. The maximum Gasteiger partial charge on any atom is 0.101 e. The van der Waals surface area contributed by atoms with E-state index in [0.29, 0.717) is 11.6 Å². The normalized spacial score (nSPS) is 26.2. The fourth-order valence-corrected chi connectivity index (χ4v) is 3.31. The third-order valence-corrected chi connectivity index (χ3v) is 4.36. The molecule has 1 aromatic rings. The number of aromatic nitrogens is 1. The molecular weight excluding hydrogens is 234 g/mol. The molecule has 1 aliphatic heterocycles. The highest BCUT2D eigenvalue weighted by molar-refractivity contribution is 5.71. The molecule has 0 radical (unpaired) electrons. The third-order valence-electron chi connectivity index (χ3n) is 4.36. The van der Waals surface area contributed by atoms with Crippen LogP contribution in [0.2, 0.25) is 0 Å². The van der Waals surface area contributed by atoms with Crippen molar-refractivity contribution in [2.45, 2.75) is 38.6 Å². The topological polar surface area (TPSA) is 48.7 Å². The maximum absolute atomic E-state index is 9.15. The fourth-order valence-electron chi connectivity index (χ4n) is 3.31. The van der Waals surface area contributed by atoms with Crippen LogP contribution in [0.4, 0.5) is 0 Å². The molecule has 0 saturated carbocycles. The van der Waals surface area contributed by atoms with E-state index in [4.69, 9.17) is 5.26 Å². The van der Waals surface area contributed by atoms with Gasteiger partial charge in [-0.1, -0.05) is 6.08 Å². The quantitative estimate of drug-likeness (QED) is 0.837. The van der Waals surface area contributed by atoms with Crippen LogP contribution in [0.15, 0.2) is 18.3 Å². The van der Waals surface area contributed by atoms with Crippen molar-refractivity contribution in [1.29, 1.82) is 5.26 Å². The molecule has 2 aliphatic rings. The lowest BCUT2D eigenvalue weighted by Gasteiger charge is -2.37. The minimum Gasteiger partial charge on any atom is -0.310 e. The highest BCUT2D eigenvalue weighted by Gasteiger charge is 2.30. The van der Waals surface area contributed by atoms with Gasteiger partial charge in [0.15, 0.2) is 0 Å². The largest absolute Gasteiger partial charge is 0.310 e. The molecule has 0 aromatic carbocycles. The lowest BCUT2D eigenvalue weighted by Crippen LogP contribution is -2.43. The second-order valence-electron chi connectivity index (χ2n) is 5.54. The summed E-state index contributed by atoms with van der Waals surface area (Å²) in [5.74, 6) is 0.751. The Morgan fingerprint density at radius 3 is 3.16 bits per heavy atom. The summed E-state index contributed by atoms with van der Waals surface area (Å²) in [5, 5.41) is 12.8. The third kappa shape index (κ3) is 2.29. The van der Waals surface area contributed by atoms with E-state index in [9.17, 15) is 0 Å². The van der Waals surface area contributed by atoms with Crippen molar-refractivity contribution in [2.75, 3.05) is 6.54 Å². The Hall–Kier alpha value is -1.66. The van der Waals surface area contributed by atoms with Crippen LogP contribution in [0, 0.1) is 24.2 Å². The van der Waals surface area contributed by atoms with E-state index in [1.807, 2.05) is 19.2 Å². The molecule has 3 heteroatoms. The van der Waals surface area contributed by atoms with Gasteiger partial charge in [-0.3, -0.25) is 4.98 Å². The molecule has 2 heterocycles. The lowest BCUT2D eigenvalue weighted by molar-refractivity contribution is 0.304. The molecule has 3 rings (SSSR count). The minimum absolute atomic E-state index is 0.457. The second kappa shape index (κ2) is 5.14. The van der Waals surface area contributed by atoms with Crippen LogP contribution < -0.4 is 5.32 Å². The van der Waals surface area contributed by atoms with Crippen molar-refractivity contribution in [1.82, 2.24) is 10.3 Å². The predicted octanol–water partition coefficient (Wildman–Crippen LogP) is 2.81. The number of piperidine rings is 1. The predicted molar refractivity (Wildman–Crippen MR) is 75.4 cm³/mol. The zero-order chi connectivity index (χ0) is 13.2. The lowest BCUT2D eigenvalue weighted by atomic mass is 9.77. The molecule has 3 nitrogen and oxygen atoms in total. The van der Waals surface area contributed by atoms with Crippen LogP contribution >= 0.6 is 0 Å². The van der Waals surface area contributed by atoms with E-state index in [2.05, 4.69) is 22.4 Å². The number of nitrogens with one attached hydrogen (secondary N) is 1. The van der Waals surface area contributed by atoms with Gasteiger partial charge < -0.3 is 5.32 Å². The zero-order valence-corrected chi connectivity index (χ0v) is 11.3. The maximum atomic E-state index is 9.15. The van der Waals surface area contributed by atoms with Gasteiger partial charge >= 0.3 is 0 Å². The molecule has 0 unspecified atom stereocenters. The number of hydrogen-bond donors (Lipinski definition) is 1. The van der Waals surface area contributed by atoms with Gasteiger partial charge in [-0.15, -0.1) is 0 Å². The summed E-state index contributed by atoms with van der Waals surface area (Å²) in [6.45, 7) is 2.99. The first-order chi connectivity index (χ1) is 9.29. The first kappa shape index (κ1) is 12.4. The zero-order valence-electron chi connectivity index (χ0n) is 11.3. The number of nitriles is 1. The van der Waals surface area contributed by atoms with Gasteiger partial charge in [0.25, 0.3) is 0 Å². The van der Waals surface area contributed by atoms with E-state index in [1.54, 1.807) is 0 Å². The molecule has 0 spiro atoms. The smallest absolute Gasteiger partial charge is 0.101 e. The summed E-state index contributed by atoms with van der Waals surface area (Å²) >= 11 is 0. The minimum atomic E-state index is 0.457. The van der Waals surface area contributed by atoms with Crippen LogP contribution in [-0.4, -0.2) is 17.6 Å². The van der Waals surface area contributed by atoms with Crippen LogP contribution in [0.25, 0.3) is 5.57 Å². The van der Waals surface area contributed by atoms with Gasteiger partial charge in [0, 0.05) is 12.2 Å². The molecule has 0 bridgehead atoms. The Labute approximate surface area is 114 Å². The van der Waals surface area contributed by atoms with Crippen LogP contribution in [0.5, 0.6) is 0 Å². The summed E-state index contributed by atoms with van der Waals surface area (Å²) < 4.78 is 0. The molecule has 1 saturated heterocycles. The highest BCUT2D eigenvalue weighted by Crippen LogP contribution is 2.35. The number of fused-ring (bicyclic) bond motifs is 1. The van der Waals surface area contributed by atoms with Crippen molar-refractivity contribution in [3.05, 3.63) is 35.2 Å². The van der Waals surface area contributed by atoms with E-state index in [0.717, 1.165) is 30.1 Å². The molecule has 98 valence electrons. The Kier molecular flexibility index (Phi) is 3.35. The molecule has 0 amide bonds. The van der Waals surface area contributed by atoms with Gasteiger partial charge in [0.1, 0.15) is 6.07 Å². The summed E-state index contributed by atoms with van der Waals surface area (Å²) in [6.07, 6.45) is 9.27. The standard InChI is InChI=1S/C16H19N3/c1-11-13(9-17)8-14(10-19-11)15-6-2-4-12-5-3-7-18-16(12)15/h6,8,10,12,16,18H,2-5,7H2,1H3/t12-,16+/m0/s1. The monoisotopic (exact) mass is 253 g/mol. The Morgan fingerprint density at radius 1 is 1.42 bits per heavy atom. The summed E-state index contributed by atoms with van der Waals surface area (Å²) in [5.41, 5.74) is 3.97. The first-order valence-corrected chi connectivity index (χ1v) is 7.10.